The third-order valence-electron chi connectivity index (χ3n) is 4.41. The standard InChI is InChI=1S/C21H15N5O/c27-16-5-3-4-13(11-16)20-24-19-7-2-1-6-17(19)21(25-20)23-15-8-9-18-14(10-15)12-22-26-18/h1-12,27H,(H,22,26)(H,23,24,25). The molecule has 5 aromatic rings. The number of phenols is 1. The van der Waals surface area contributed by atoms with Gasteiger partial charge in [0.05, 0.1) is 17.2 Å². The summed E-state index contributed by atoms with van der Waals surface area (Å²) in [7, 11) is 0. The normalized spacial score (nSPS) is 11.1. The molecular formula is C21H15N5O. The van der Waals surface area contributed by atoms with E-state index in [1.54, 1.807) is 24.4 Å². The van der Waals surface area contributed by atoms with Crippen molar-refractivity contribution < 1.29 is 5.11 Å². The molecule has 6 nitrogen and oxygen atoms in total. The molecule has 5 rings (SSSR count). The third kappa shape index (κ3) is 2.83. The summed E-state index contributed by atoms with van der Waals surface area (Å²) in [6.45, 7) is 0. The fourth-order valence-electron chi connectivity index (χ4n) is 3.10. The van der Waals surface area contributed by atoms with Gasteiger partial charge >= 0.3 is 0 Å². The van der Waals surface area contributed by atoms with Gasteiger partial charge < -0.3 is 10.4 Å². The van der Waals surface area contributed by atoms with Gasteiger partial charge in [-0.15, -0.1) is 0 Å². The van der Waals surface area contributed by atoms with E-state index in [-0.39, 0.29) is 5.75 Å². The van der Waals surface area contributed by atoms with Crippen LogP contribution in [0, 0.1) is 0 Å². The molecule has 2 heterocycles. The van der Waals surface area contributed by atoms with Crippen molar-refractivity contribution in [1.82, 2.24) is 20.2 Å². The van der Waals surface area contributed by atoms with Crippen molar-refractivity contribution in [2.75, 3.05) is 5.32 Å². The first kappa shape index (κ1) is 15.3. The van der Waals surface area contributed by atoms with E-state index in [1.165, 1.54) is 0 Å². The van der Waals surface area contributed by atoms with Gasteiger partial charge in [0.1, 0.15) is 11.6 Å². The van der Waals surface area contributed by atoms with Crippen molar-refractivity contribution in [2.45, 2.75) is 0 Å². The number of rotatable bonds is 3. The molecule has 27 heavy (non-hydrogen) atoms. The maximum absolute atomic E-state index is 9.79. The number of nitrogens with one attached hydrogen (secondary N) is 2. The lowest BCUT2D eigenvalue weighted by molar-refractivity contribution is 0.475. The molecule has 0 radical (unpaired) electrons. The van der Waals surface area contributed by atoms with Crippen LogP contribution in [0.3, 0.4) is 0 Å². The minimum atomic E-state index is 0.184. The Labute approximate surface area is 154 Å². The van der Waals surface area contributed by atoms with Gasteiger partial charge in [0.15, 0.2) is 5.82 Å². The minimum Gasteiger partial charge on any atom is -0.508 e. The average Bonchev–Trinajstić information content (AvgIpc) is 3.16. The van der Waals surface area contributed by atoms with Gasteiger partial charge in [-0.1, -0.05) is 24.3 Å². The molecule has 3 aromatic carbocycles. The largest absolute Gasteiger partial charge is 0.508 e. The van der Waals surface area contributed by atoms with E-state index in [1.807, 2.05) is 48.5 Å². The summed E-state index contributed by atoms with van der Waals surface area (Å²) in [5.41, 5.74) is 3.48. The van der Waals surface area contributed by atoms with Crippen LogP contribution >= 0.6 is 0 Å². The lowest BCUT2D eigenvalue weighted by atomic mass is 10.1. The predicted molar refractivity (Wildman–Crippen MR) is 106 cm³/mol. The smallest absolute Gasteiger partial charge is 0.162 e. The summed E-state index contributed by atoms with van der Waals surface area (Å²) in [6.07, 6.45) is 1.79. The van der Waals surface area contributed by atoms with E-state index in [4.69, 9.17) is 4.98 Å². The fourth-order valence-corrected chi connectivity index (χ4v) is 3.10. The van der Waals surface area contributed by atoms with Crippen LogP contribution < -0.4 is 5.32 Å². The summed E-state index contributed by atoms with van der Waals surface area (Å²) in [5.74, 6) is 1.45. The van der Waals surface area contributed by atoms with Crippen LogP contribution in [0.1, 0.15) is 0 Å². The van der Waals surface area contributed by atoms with Gasteiger partial charge in [-0.3, -0.25) is 5.10 Å². The lowest BCUT2D eigenvalue weighted by Crippen LogP contribution is -1.99. The molecule has 3 N–H and O–H groups in total. The molecule has 0 aliphatic heterocycles. The van der Waals surface area contributed by atoms with Gasteiger partial charge in [-0.25, -0.2) is 9.97 Å². The van der Waals surface area contributed by atoms with Crippen molar-refractivity contribution in [3.05, 3.63) is 72.9 Å². The number of phenolic OH excluding ortho intramolecular Hbond substituents is 1. The Balaban J connectivity index is 1.65. The fraction of sp³-hybridized carbons (Fsp3) is 0. The van der Waals surface area contributed by atoms with Gasteiger partial charge in [0.25, 0.3) is 0 Å². The molecule has 0 atom stereocenters. The first-order chi connectivity index (χ1) is 13.3. The maximum atomic E-state index is 9.79. The maximum Gasteiger partial charge on any atom is 0.162 e. The number of nitrogens with zero attached hydrogens (tertiary/aromatic N) is 3. The van der Waals surface area contributed by atoms with E-state index < -0.39 is 0 Å². The van der Waals surface area contributed by atoms with E-state index in [0.29, 0.717) is 11.6 Å². The van der Waals surface area contributed by atoms with Gasteiger partial charge in [0, 0.05) is 22.0 Å². The van der Waals surface area contributed by atoms with Crippen LogP contribution in [0.5, 0.6) is 5.75 Å². The topological polar surface area (TPSA) is 86.7 Å². The van der Waals surface area contributed by atoms with E-state index in [0.717, 1.165) is 33.1 Å². The number of benzene rings is 3. The van der Waals surface area contributed by atoms with Crippen LogP contribution in [0.25, 0.3) is 33.2 Å². The first-order valence-electron chi connectivity index (χ1n) is 8.53. The highest BCUT2D eigenvalue weighted by Gasteiger charge is 2.10. The van der Waals surface area contributed by atoms with Crippen LogP contribution in [-0.2, 0) is 0 Å². The zero-order chi connectivity index (χ0) is 18.2. The monoisotopic (exact) mass is 353 g/mol. The molecule has 0 aliphatic rings. The molecule has 0 aliphatic carbocycles. The lowest BCUT2D eigenvalue weighted by Gasteiger charge is -2.11. The molecule has 0 saturated heterocycles. The summed E-state index contributed by atoms with van der Waals surface area (Å²) in [6, 6.07) is 20.8. The molecule has 0 fully saturated rings. The number of aromatic hydroxyl groups is 1. The number of para-hydroxylation sites is 1. The number of aromatic nitrogens is 4. The Morgan fingerprint density at radius 2 is 1.81 bits per heavy atom. The van der Waals surface area contributed by atoms with Crippen molar-refractivity contribution in [3.63, 3.8) is 0 Å². The third-order valence-corrected chi connectivity index (χ3v) is 4.41. The molecular weight excluding hydrogens is 338 g/mol. The van der Waals surface area contributed by atoms with Crippen molar-refractivity contribution in [1.29, 1.82) is 0 Å². The van der Waals surface area contributed by atoms with E-state index in [9.17, 15) is 5.11 Å². The second-order valence-corrected chi connectivity index (χ2v) is 6.26. The molecule has 0 unspecified atom stereocenters. The molecule has 6 heteroatoms. The molecule has 0 bridgehead atoms. The summed E-state index contributed by atoms with van der Waals surface area (Å²) in [4.78, 5) is 9.37. The summed E-state index contributed by atoms with van der Waals surface area (Å²) in [5, 5.41) is 22.1. The quantitative estimate of drug-likeness (QED) is 0.440. The first-order valence-corrected chi connectivity index (χ1v) is 8.53. The average molecular weight is 353 g/mol. The molecule has 2 aromatic heterocycles. The van der Waals surface area contributed by atoms with Gasteiger partial charge in [0.2, 0.25) is 0 Å². The molecule has 0 saturated carbocycles. The second kappa shape index (κ2) is 6.10. The second-order valence-electron chi connectivity index (χ2n) is 6.26. The van der Waals surface area contributed by atoms with Gasteiger partial charge in [-0.2, -0.15) is 5.10 Å². The van der Waals surface area contributed by atoms with E-state index in [2.05, 4.69) is 20.5 Å². The zero-order valence-electron chi connectivity index (χ0n) is 14.2. The summed E-state index contributed by atoms with van der Waals surface area (Å²) >= 11 is 0. The van der Waals surface area contributed by atoms with Crippen LogP contribution in [0.15, 0.2) is 72.9 Å². The number of H-pyrrole nitrogens is 1. The van der Waals surface area contributed by atoms with Crippen LogP contribution in [-0.4, -0.2) is 25.3 Å². The number of hydrogen-bond donors (Lipinski definition) is 3. The Morgan fingerprint density at radius 1 is 0.889 bits per heavy atom. The Hall–Kier alpha value is -3.93. The number of aromatic amines is 1. The van der Waals surface area contributed by atoms with Crippen molar-refractivity contribution in [3.8, 4) is 17.1 Å². The predicted octanol–water partition coefficient (Wildman–Crippen LogP) is 4.62. The highest BCUT2D eigenvalue weighted by molar-refractivity contribution is 5.93. The number of hydrogen-bond acceptors (Lipinski definition) is 5. The highest BCUT2D eigenvalue weighted by Crippen LogP contribution is 2.29. The SMILES string of the molecule is Oc1cccc(-c2nc(Nc3ccc4[nH]ncc4c3)c3ccccc3n2)c1. The number of anilines is 2. The molecule has 0 spiro atoms. The van der Waals surface area contributed by atoms with Crippen molar-refractivity contribution >= 4 is 33.3 Å². The number of fused-ring (bicyclic) bond motifs is 2. The highest BCUT2D eigenvalue weighted by atomic mass is 16.3. The Bertz CT molecular complexity index is 1280. The van der Waals surface area contributed by atoms with Gasteiger partial charge in [-0.05, 0) is 42.5 Å². The molecule has 130 valence electrons. The Kier molecular flexibility index (Phi) is 3.47. The van der Waals surface area contributed by atoms with Crippen molar-refractivity contribution in [2.24, 2.45) is 0 Å². The molecule has 0 amide bonds. The zero-order valence-corrected chi connectivity index (χ0v) is 14.2. The van der Waals surface area contributed by atoms with Crippen LogP contribution in [0.2, 0.25) is 0 Å². The summed E-state index contributed by atoms with van der Waals surface area (Å²) < 4.78 is 0. The Morgan fingerprint density at radius 3 is 2.74 bits per heavy atom. The van der Waals surface area contributed by atoms with Crippen LogP contribution in [0.4, 0.5) is 11.5 Å². The van der Waals surface area contributed by atoms with E-state index >= 15 is 0 Å². The minimum absolute atomic E-state index is 0.184.